The summed E-state index contributed by atoms with van der Waals surface area (Å²) < 4.78 is 0. The minimum atomic E-state index is -0.723. The van der Waals surface area contributed by atoms with E-state index in [2.05, 4.69) is 48.1 Å². The second kappa shape index (κ2) is 21.2. The fourth-order valence-electron chi connectivity index (χ4n) is 7.41. The Morgan fingerprint density at radius 1 is 0.840 bits per heavy atom. The van der Waals surface area contributed by atoms with E-state index in [-0.39, 0.29) is 47.7 Å². The summed E-state index contributed by atoms with van der Waals surface area (Å²) in [5.41, 5.74) is 0.00472. The quantitative estimate of drug-likeness (QED) is 0.134. The van der Waals surface area contributed by atoms with Crippen molar-refractivity contribution in [3.63, 3.8) is 0 Å². The van der Waals surface area contributed by atoms with Gasteiger partial charge >= 0.3 is 0 Å². The van der Waals surface area contributed by atoms with Gasteiger partial charge < -0.3 is 25.3 Å². The molecule has 0 aromatic rings. The number of hydrogen-bond donors (Lipinski definition) is 2. The highest BCUT2D eigenvalue weighted by Crippen LogP contribution is 2.27. The molecule has 2 aliphatic heterocycles. The van der Waals surface area contributed by atoms with Gasteiger partial charge in [0.05, 0.1) is 12.1 Å². The predicted octanol–water partition coefficient (Wildman–Crippen LogP) is 5.61. The Morgan fingerprint density at radius 2 is 1.44 bits per heavy atom. The first-order valence-corrected chi connectivity index (χ1v) is 19.9. The Hall–Kier alpha value is -2.46. The summed E-state index contributed by atoms with van der Waals surface area (Å²) in [4.78, 5) is 63.1. The first-order chi connectivity index (χ1) is 23.5. The Morgan fingerprint density at radius 3 is 2.00 bits per heavy atom. The minimum absolute atomic E-state index is 0.0182. The Bertz CT molecular complexity index is 1110. The molecule has 10 heteroatoms. The SMILES string of the molecule is CCCCN(CCCC)CCCNC(=O)[C@@H]1CCCN1C(=O)C(C)=CC(C(C)C)N(C)C(=O)[C@@H](NC(=O)[C@H]1CCCCN1C(C)C)C(C)(C)C. The monoisotopic (exact) mass is 703 g/mol. The van der Waals surface area contributed by atoms with Gasteiger partial charge in [-0.05, 0) is 103 Å². The van der Waals surface area contributed by atoms with Gasteiger partial charge in [-0.3, -0.25) is 24.1 Å². The lowest BCUT2D eigenvalue weighted by Crippen LogP contribution is -2.60. The highest BCUT2D eigenvalue weighted by Gasteiger charge is 2.40. The molecule has 0 saturated carbocycles. The third-order valence-corrected chi connectivity index (χ3v) is 10.6. The van der Waals surface area contributed by atoms with Gasteiger partial charge in [0.25, 0.3) is 0 Å². The Balaban J connectivity index is 2.12. The van der Waals surface area contributed by atoms with Crippen molar-refractivity contribution in [1.29, 1.82) is 0 Å². The summed E-state index contributed by atoms with van der Waals surface area (Å²) in [6, 6.07) is -1.57. The van der Waals surface area contributed by atoms with Crippen LogP contribution in [-0.4, -0.2) is 120 Å². The van der Waals surface area contributed by atoms with E-state index in [9.17, 15) is 19.2 Å². The van der Waals surface area contributed by atoms with Crippen LogP contribution in [0.25, 0.3) is 0 Å². The van der Waals surface area contributed by atoms with Gasteiger partial charge in [-0.25, -0.2) is 0 Å². The van der Waals surface area contributed by atoms with E-state index < -0.39 is 17.5 Å². The number of likely N-dealkylation sites (N-methyl/N-ethyl adjacent to an activating group) is 1. The lowest BCUT2D eigenvalue weighted by molar-refractivity contribution is -0.142. The maximum Gasteiger partial charge on any atom is 0.249 e. The van der Waals surface area contributed by atoms with E-state index >= 15 is 0 Å². The van der Waals surface area contributed by atoms with Crippen LogP contribution in [-0.2, 0) is 19.2 Å². The van der Waals surface area contributed by atoms with Crippen molar-refractivity contribution in [1.82, 2.24) is 30.2 Å². The molecule has 0 aliphatic carbocycles. The van der Waals surface area contributed by atoms with Crippen LogP contribution in [0.15, 0.2) is 11.6 Å². The number of rotatable bonds is 19. The molecule has 4 atom stereocenters. The molecule has 0 radical (unpaired) electrons. The zero-order valence-electron chi connectivity index (χ0n) is 33.8. The number of unbranched alkanes of at least 4 members (excludes halogenated alkanes) is 2. The van der Waals surface area contributed by atoms with Crippen molar-refractivity contribution in [3.8, 4) is 0 Å². The van der Waals surface area contributed by atoms with E-state index in [4.69, 9.17) is 0 Å². The number of nitrogens with one attached hydrogen (secondary N) is 2. The minimum Gasteiger partial charge on any atom is -0.354 e. The third-order valence-electron chi connectivity index (χ3n) is 10.6. The maximum atomic E-state index is 14.2. The van der Waals surface area contributed by atoms with Gasteiger partial charge in [-0.15, -0.1) is 0 Å². The molecule has 2 aliphatic rings. The standard InChI is InChI=1S/C40H74N6O4/c1-12-14-23-44(24-15-13-2)25-19-22-41-36(47)32-21-18-27-46(32)38(49)31(7)28-34(29(3)4)43(11)39(50)35(40(8,9)10)42-37(48)33-20-16-17-26-45(33)30(5)6/h28-30,32-35H,12-27H2,1-11H3,(H,41,47)(H,42,48)/t32-,33+,34?,35+/m0/s1. The van der Waals surface area contributed by atoms with Crippen molar-refractivity contribution >= 4 is 23.6 Å². The fourth-order valence-corrected chi connectivity index (χ4v) is 7.41. The zero-order valence-corrected chi connectivity index (χ0v) is 33.8. The number of carbonyl (C=O) groups excluding carboxylic acids is 4. The number of carbonyl (C=O) groups is 4. The number of piperidine rings is 1. The van der Waals surface area contributed by atoms with Gasteiger partial charge in [0.1, 0.15) is 12.1 Å². The number of amides is 4. The topological polar surface area (TPSA) is 105 Å². The smallest absolute Gasteiger partial charge is 0.249 e. The average Bonchev–Trinajstić information content (AvgIpc) is 3.57. The van der Waals surface area contributed by atoms with E-state index in [1.54, 1.807) is 23.8 Å². The summed E-state index contributed by atoms with van der Waals surface area (Å²) in [6.07, 6.45) is 11.8. The van der Waals surface area contributed by atoms with Crippen LogP contribution in [0.5, 0.6) is 0 Å². The molecule has 0 spiro atoms. The molecule has 50 heavy (non-hydrogen) atoms. The Labute approximate surface area is 305 Å². The molecule has 2 fully saturated rings. The van der Waals surface area contributed by atoms with Crippen molar-refractivity contribution in [2.45, 2.75) is 164 Å². The summed E-state index contributed by atoms with van der Waals surface area (Å²) in [5.74, 6) is -0.486. The Kier molecular flexibility index (Phi) is 18.5. The van der Waals surface area contributed by atoms with Crippen LogP contribution in [0.2, 0.25) is 0 Å². The lowest BCUT2D eigenvalue weighted by atomic mass is 9.84. The predicted molar refractivity (Wildman–Crippen MR) is 205 cm³/mol. The number of nitrogens with zero attached hydrogens (tertiary/aromatic N) is 4. The second-order valence-electron chi connectivity index (χ2n) is 16.5. The van der Waals surface area contributed by atoms with E-state index in [1.165, 1.54) is 25.7 Å². The number of likely N-dealkylation sites (tertiary alicyclic amines) is 2. The summed E-state index contributed by atoms with van der Waals surface area (Å²) >= 11 is 0. The molecule has 288 valence electrons. The van der Waals surface area contributed by atoms with Crippen LogP contribution in [0.4, 0.5) is 0 Å². The van der Waals surface area contributed by atoms with Crippen LogP contribution in [0.3, 0.4) is 0 Å². The molecule has 0 bridgehead atoms. The summed E-state index contributed by atoms with van der Waals surface area (Å²) in [7, 11) is 1.77. The highest BCUT2D eigenvalue weighted by atomic mass is 16.2. The van der Waals surface area contributed by atoms with Crippen molar-refractivity contribution in [2.24, 2.45) is 11.3 Å². The van der Waals surface area contributed by atoms with Crippen molar-refractivity contribution in [3.05, 3.63) is 11.6 Å². The molecule has 2 N–H and O–H groups in total. The molecule has 2 heterocycles. The van der Waals surface area contributed by atoms with Gasteiger partial charge in [-0.1, -0.05) is 73.8 Å². The van der Waals surface area contributed by atoms with Gasteiger partial charge in [0.2, 0.25) is 23.6 Å². The van der Waals surface area contributed by atoms with Gasteiger partial charge in [-0.2, -0.15) is 0 Å². The molecular formula is C40H74N6O4. The van der Waals surface area contributed by atoms with Crippen LogP contribution in [0, 0.1) is 11.3 Å². The normalized spacial score (nSPS) is 20.4. The molecule has 1 unspecified atom stereocenters. The van der Waals surface area contributed by atoms with Crippen LogP contribution < -0.4 is 10.6 Å². The largest absolute Gasteiger partial charge is 0.354 e. The van der Waals surface area contributed by atoms with Gasteiger partial charge in [0.15, 0.2) is 0 Å². The third kappa shape index (κ3) is 12.9. The molecule has 2 rings (SSSR count). The van der Waals surface area contributed by atoms with Crippen molar-refractivity contribution < 1.29 is 19.2 Å². The first-order valence-electron chi connectivity index (χ1n) is 19.9. The summed E-state index contributed by atoms with van der Waals surface area (Å²) in [6.45, 7) is 25.6. The van der Waals surface area contributed by atoms with Crippen molar-refractivity contribution in [2.75, 3.05) is 46.3 Å². The second-order valence-corrected chi connectivity index (χ2v) is 16.5. The van der Waals surface area contributed by atoms with E-state index in [0.29, 0.717) is 25.1 Å². The molecule has 2 saturated heterocycles. The lowest BCUT2D eigenvalue weighted by Gasteiger charge is -2.41. The average molecular weight is 703 g/mol. The van der Waals surface area contributed by atoms with Crippen LogP contribution >= 0.6 is 0 Å². The molecule has 0 aromatic heterocycles. The van der Waals surface area contributed by atoms with E-state index in [1.807, 2.05) is 40.7 Å². The molecule has 10 nitrogen and oxygen atoms in total. The molecule has 0 aromatic carbocycles. The first kappa shape index (κ1) is 43.7. The highest BCUT2D eigenvalue weighted by molar-refractivity contribution is 5.97. The molecular weight excluding hydrogens is 628 g/mol. The zero-order chi connectivity index (χ0) is 37.6. The maximum absolute atomic E-state index is 14.2. The summed E-state index contributed by atoms with van der Waals surface area (Å²) in [5, 5.41) is 6.27. The molecule has 4 amide bonds. The van der Waals surface area contributed by atoms with Crippen LogP contribution in [0.1, 0.15) is 133 Å². The number of hydrogen-bond acceptors (Lipinski definition) is 6. The van der Waals surface area contributed by atoms with E-state index in [0.717, 1.165) is 58.3 Å². The van der Waals surface area contributed by atoms with Gasteiger partial charge in [0, 0.05) is 31.8 Å². The fraction of sp³-hybridized carbons (Fsp3) is 0.850.